The molecule has 1 atom stereocenters. The number of allylic oxidation sites excluding steroid dienone is 1. The summed E-state index contributed by atoms with van der Waals surface area (Å²) in [5, 5.41) is 9.75. The van der Waals surface area contributed by atoms with Gasteiger partial charge in [-0.3, -0.25) is 4.79 Å². The summed E-state index contributed by atoms with van der Waals surface area (Å²) in [5.41, 5.74) is 0.485. The molecule has 0 saturated carbocycles. The monoisotopic (exact) mass is 212 g/mol. The Hall–Kier alpha value is -0.700. The van der Waals surface area contributed by atoms with Crippen LogP contribution in [0.4, 0.5) is 0 Å². The number of rotatable bonds is 3. The van der Waals surface area contributed by atoms with Crippen molar-refractivity contribution in [1.29, 1.82) is 0 Å². The molecule has 0 aliphatic carbocycles. The van der Waals surface area contributed by atoms with Crippen molar-refractivity contribution in [1.82, 2.24) is 0 Å². The first-order valence-electron chi connectivity index (χ1n) is 4.82. The van der Waals surface area contributed by atoms with Crippen molar-refractivity contribution in [3.63, 3.8) is 0 Å². The molecule has 0 aromatic heterocycles. The third-order valence-electron chi connectivity index (χ3n) is 2.33. The topological polar surface area (TPSA) is 37.3 Å². The van der Waals surface area contributed by atoms with Crippen LogP contribution in [0, 0.1) is 0 Å². The number of unbranched alkanes of at least 4 members (excludes halogenated alkanes) is 1. The molecule has 0 unspecified atom stereocenters. The molecule has 0 spiro atoms. The Labute approximate surface area is 89.1 Å². The Morgan fingerprint density at radius 3 is 2.64 bits per heavy atom. The van der Waals surface area contributed by atoms with Gasteiger partial charge < -0.3 is 5.11 Å². The smallest absolute Gasteiger partial charge is 0.219 e. The fraction of sp³-hybridized carbons (Fsp3) is 0.545. The molecule has 0 bridgehead atoms. The maximum atomic E-state index is 11.3. The molecular weight excluding hydrogens is 196 g/mol. The molecule has 3 heteroatoms. The van der Waals surface area contributed by atoms with Crippen LogP contribution in [0.15, 0.2) is 23.5 Å². The van der Waals surface area contributed by atoms with Crippen molar-refractivity contribution < 1.29 is 9.90 Å². The highest BCUT2D eigenvalue weighted by molar-refractivity contribution is 8.16. The quantitative estimate of drug-likeness (QED) is 0.730. The zero-order chi connectivity index (χ0) is 10.8. The number of aliphatic hydroxyl groups excluding tert-OH is 1. The van der Waals surface area contributed by atoms with Crippen LogP contribution in [0.2, 0.25) is 0 Å². The van der Waals surface area contributed by atoms with Crippen LogP contribution in [0.25, 0.3) is 0 Å². The number of carbonyl (C=O) groups is 1. The van der Waals surface area contributed by atoms with Crippen molar-refractivity contribution in [2.75, 3.05) is 0 Å². The minimum atomic E-state index is -0.531. The van der Waals surface area contributed by atoms with Crippen molar-refractivity contribution >= 4 is 16.9 Å². The van der Waals surface area contributed by atoms with E-state index in [4.69, 9.17) is 0 Å². The van der Waals surface area contributed by atoms with E-state index in [1.165, 1.54) is 11.8 Å². The molecule has 2 nitrogen and oxygen atoms in total. The summed E-state index contributed by atoms with van der Waals surface area (Å²) in [5.74, 6) is 0.208. The van der Waals surface area contributed by atoms with Gasteiger partial charge in [-0.05, 0) is 20.3 Å². The lowest BCUT2D eigenvalue weighted by Crippen LogP contribution is -2.16. The van der Waals surface area contributed by atoms with Gasteiger partial charge in [0.2, 0.25) is 5.12 Å². The van der Waals surface area contributed by atoms with Crippen LogP contribution < -0.4 is 0 Å². The Morgan fingerprint density at radius 1 is 1.57 bits per heavy atom. The summed E-state index contributed by atoms with van der Waals surface area (Å²) >= 11 is 1.18. The molecule has 0 amide bonds. The highest BCUT2D eigenvalue weighted by Crippen LogP contribution is 2.43. The van der Waals surface area contributed by atoms with Crippen molar-refractivity contribution in [2.45, 2.75) is 38.4 Å². The van der Waals surface area contributed by atoms with Gasteiger partial charge in [0.25, 0.3) is 0 Å². The summed E-state index contributed by atoms with van der Waals surface area (Å²) in [6.07, 6.45) is 6.01. The lowest BCUT2D eigenvalue weighted by molar-refractivity contribution is -0.107. The molecule has 0 saturated heterocycles. The van der Waals surface area contributed by atoms with Crippen LogP contribution in [0.1, 0.15) is 33.6 Å². The second-order valence-electron chi connectivity index (χ2n) is 3.66. The van der Waals surface area contributed by atoms with Crippen molar-refractivity contribution in [3.05, 3.63) is 23.5 Å². The molecule has 14 heavy (non-hydrogen) atoms. The van der Waals surface area contributed by atoms with E-state index in [0.29, 0.717) is 5.57 Å². The van der Waals surface area contributed by atoms with Gasteiger partial charge in [0.1, 0.15) is 5.76 Å². The molecule has 0 fully saturated rings. The molecule has 1 aliphatic heterocycles. The van der Waals surface area contributed by atoms with E-state index in [1.807, 2.05) is 19.1 Å². The second kappa shape index (κ2) is 4.22. The minimum absolute atomic E-state index is 0.0221. The number of thioether (sulfide) groups is 1. The predicted octanol–water partition coefficient (Wildman–Crippen LogP) is 3.21. The number of carbonyl (C=O) groups excluding carboxylic acids is 1. The first-order chi connectivity index (χ1) is 6.51. The summed E-state index contributed by atoms with van der Waals surface area (Å²) < 4.78 is -0.531. The average Bonchev–Trinajstić information content (AvgIpc) is 2.32. The largest absolute Gasteiger partial charge is 0.510 e. The van der Waals surface area contributed by atoms with Crippen LogP contribution >= 0.6 is 11.8 Å². The van der Waals surface area contributed by atoms with Crippen LogP contribution in [-0.4, -0.2) is 15.0 Å². The van der Waals surface area contributed by atoms with Gasteiger partial charge in [0.05, 0.1) is 4.75 Å². The molecule has 1 rings (SSSR count). The van der Waals surface area contributed by atoms with E-state index in [-0.39, 0.29) is 10.9 Å². The van der Waals surface area contributed by atoms with Gasteiger partial charge in [-0.25, -0.2) is 0 Å². The number of aliphatic hydroxyl groups is 1. The SMILES string of the molecule is CCCC=C[C@@]1(C)SC(=O)C(C)=C1O. The lowest BCUT2D eigenvalue weighted by Gasteiger charge is -2.17. The Kier molecular flexibility index (Phi) is 3.43. The zero-order valence-electron chi connectivity index (χ0n) is 8.83. The van der Waals surface area contributed by atoms with Crippen LogP contribution in [0.5, 0.6) is 0 Å². The number of hydrogen-bond donors (Lipinski definition) is 1. The number of hydrogen-bond acceptors (Lipinski definition) is 3. The molecule has 0 aromatic rings. The van der Waals surface area contributed by atoms with Gasteiger partial charge in [-0.15, -0.1) is 0 Å². The lowest BCUT2D eigenvalue weighted by atomic mass is 10.0. The zero-order valence-corrected chi connectivity index (χ0v) is 9.65. The van der Waals surface area contributed by atoms with E-state index in [0.717, 1.165) is 12.8 Å². The summed E-state index contributed by atoms with van der Waals surface area (Å²) in [6.45, 7) is 5.64. The highest BCUT2D eigenvalue weighted by atomic mass is 32.2. The first-order valence-corrected chi connectivity index (χ1v) is 5.64. The van der Waals surface area contributed by atoms with Gasteiger partial charge in [-0.1, -0.05) is 37.3 Å². The third-order valence-corrected chi connectivity index (χ3v) is 3.57. The van der Waals surface area contributed by atoms with E-state index >= 15 is 0 Å². The fourth-order valence-corrected chi connectivity index (χ4v) is 2.42. The molecule has 0 aromatic carbocycles. The summed E-state index contributed by atoms with van der Waals surface area (Å²) in [7, 11) is 0. The average molecular weight is 212 g/mol. The minimum Gasteiger partial charge on any atom is -0.510 e. The molecule has 78 valence electrons. The van der Waals surface area contributed by atoms with Crippen molar-refractivity contribution in [2.24, 2.45) is 0 Å². The summed E-state index contributed by atoms with van der Waals surface area (Å²) in [4.78, 5) is 11.3. The Bertz CT molecular complexity index is 304. The van der Waals surface area contributed by atoms with Gasteiger partial charge in [0, 0.05) is 5.57 Å². The van der Waals surface area contributed by atoms with E-state index in [2.05, 4.69) is 6.92 Å². The van der Waals surface area contributed by atoms with E-state index in [1.54, 1.807) is 6.92 Å². The molecule has 1 aliphatic rings. The molecule has 0 radical (unpaired) electrons. The third kappa shape index (κ3) is 2.03. The summed E-state index contributed by atoms with van der Waals surface area (Å²) in [6, 6.07) is 0. The maximum absolute atomic E-state index is 11.3. The normalized spacial score (nSPS) is 28.1. The Morgan fingerprint density at radius 2 is 2.21 bits per heavy atom. The van der Waals surface area contributed by atoms with Crippen LogP contribution in [0.3, 0.4) is 0 Å². The van der Waals surface area contributed by atoms with E-state index in [9.17, 15) is 9.90 Å². The first kappa shape index (κ1) is 11.4. The van der Waals surface area contributed by atoms with Crippen molar-refractivity contribution in [3.8, 4) is 0 Å². The van der Waals surface area contributed by atoms with Gasteiger partial charge in [-0.2, -0.15) is 0 Å². The maximum Gasteiger partial charge on any atom is 0.219 e. The van der Waals surface area contributed by atoms with E-state index < -0.39 is 4.75 Å². The molecule has 1 heterocycles. The van der Waals surface area contributed by atoms with Gasteiger partial charge in [0.15, 0.2) is 0 Å². The molecule has 1 N–H and O–H groups in total. The standard InChI is InChI=1S/C11H16O2S/c1-4-5-6-7-11(3)9(12)8(2)10(13)14-11/h6-7,12H,4-5H2,1-3H3/t11-/m1/s1. The molecular formula is C11H16O2S. The highest BCUT2D eigenvalue weighted by Gasteiger charge is 2.39. The second-order valence-corrected chi connectivity index (χ2v) is 5.08. The Balaban J connectivity index is 2.83. The van der Waals surface area contributed by atoms with Crippen LogP contribution in [-0.2, 0) is 4.79 Å². The fourth-order valence-electron chi connectivity index (χ4n) is 1.37. The predicted molar refractivity (Wildman–Crippen MR) is 60.4 cm³/mol. The van der Waals surface area contributed by atoms with Gasteiger partial charge >= 0.3 is 0 Å².